The Kier molecular flexibility index (Phi) is 33.2. The van der Waals surface area contributed by atoms with Gasteiger partial charge in [0.05, 0.1) is 13.2 Å². The number of ether oxygens (including phenoxy) is 2. The Bertz CT molecular complexity index is 3690. The topological polar surface area (TPSA) is 96.1 Å². The van der Waals surface area contributed by atoms with Gasteiger partial charge in [-0.1, -0.05) is 291 Å². The van der Waals surface area contributed by atoms with Gasteiger partial charge in [-0.2, -0.15) is 0 Å². The molecule has 0 N–H and O–H groups in total. The molecule has 3 fully saturated rings. The Balaban J connectivity index is 0.000000211. The summed E-state index contributed by atoms with van der Waals surface area (Å²) in [5.74, 6) is 5.23. The lowest BCUT2D eigenvalue weighted by Gasteiger charge is -2.33. The minimum absolute atomic E-state index is 0.142. The van der Waals surface area contributed by atoms with Gasteiger partial charge in [0.1, 0.15) is 23.3 Å². The number of hydrogen-bond donors (Lipinski definition) is 0. The minimum Gasteiger partial charge on any atom is -0.493 e. The molecule has 2 aliphatic heterocycles. The van der Waals surface area contributed by atoms with E-state index in [0.29, 0.717) is 21.7 Å². The smallest absolute Gasteiger partial charge is 0.181 e. The van der Waals surface area contributed by atoms with Crippen LogP contribution in [0.4, 0.5) is 0 Å². The maximum Gasteiger partial charge on any atom is 0.181 e. The number of nitrogens with zero attached hydrogens (tertiary/aromatic N) is 5. The number of hydrogen-bond acceptors (Lipinski definition) is 8. The number of benzene rings is 4. The first kappa shape index (κ1) is 88.7. The van der Waals surface area contributed by atoms with Crippen LogP contribution in [0.1, 0.15) is 313 Å². The lowest BCUT2D eigenvalue weighted by atomic mass is 9.72. The monoisotopic (exact) mass is 1430 g/mol. The van der Waals surface area contributed by atoms with Crippen molar-refractivity contribution >= 4 is 17.2 Å². The highest BCUT2D eigenvalue weighted by atomic mass is 16.5. The number of fused-ring (bicyclic) bond motifs is 4. The van der Waals surface area contributed by atoms with E-state index in [2.05, 4.69) is 297 Å². The molecule has 6 aliphatic rings. The van der Waals surface area contributed by atoms with E-state index >= 15 is 0 Å². The van der Waals surface area contributed by atoms with Gasteiger partial charge in [-0.15, -0.1) is 0 Å². The molecule has 8 aromatic rings. The largest absolute Gasteiger partial charge is 0.493 e. The zero-order chi connectivity index (χ0) is 78.2. The molecule has 0 amide bonds. The first-order chi connectivity index (χ1) is 48.7. The quantitative estimate of drug-likeness (QED) is 0.148. The summed E-state index contributed by atoms with van der Waals surface area (Å²) >= 11 is 0. The molecular weight excluding hydrogens is 1280 g/mol. The van der Waals surface area contributed by atoms with Gasteiger partial charge < -0.3 is 13.9 Å². The Morgan fingerprint density at radius 2 is 0.838 bits per heavy atom. The summed E-state index contributed by atoms with van der Waals surface area (Å²) in [4.78, 5) is 20.2. The average molecular weight is 1430 g/mol. The Morgan fingerprint density at radius 3 is 1.28 bits per heavy atom. The van der Waals surface area contributed by atoms with E-state index in [1.165, 1.54) is 122 Å². The summed E-state index contributed by atoms with van der Waals surface area (Å²) < 4.78 is 16.2. The molecule has 0 bridgehead atoms. The van der Waals surface area contributed by atoms with E-state index in [1.807, 2.05) is 49.5 Å². The SMILES string of the molecule is CC(C)(C)C1=Cc2ccccc2C1.CC(C)(C)C1CC1.CC(C)(C)C1CCCC1.CC(C)(C)C1CCCCC1.CC(C)(C)c1ccc2c(c1)CCO2.CC(C)(C)c1ccc2c(c1)OCC2.CC(C)(C)c1ccc2ncoc2c1.CC(C)(C)c1ccccn1.CC(C)(C)c1ccncn1.Cc1ccncc1. The zero-order valence-electron chi connectivity index (χ0n) is 71.5. The number of rotatable bonds is 0. The molecule has 8 heteroatoms. The van der Waals surface area contributed by atoms with Crippen LogP contribution in [0.15, 0.2) is 163 Å². The molecule has 576 valence electrons. The van der Waals surface area contributed by atoms with Crippen molar-refractivity contribution in [3.05, 3.63) is 214 Å². The summed E-state index contributed by atoms with van der Waals surface area (Å²) in [5, 5.41) is 0. The van der Waals surface area contributed by atoms with Crippen LogP contribution in [0.3, 0.4) is 0 Å². The molecule has 0 unspecified atom stereocenters. The van der Waals surface area contributed by atoms with Crippen LogP contribution in [-0.2, 0) is 46.3 Å². The second-order valence-electron chi connectivity index (χ2n) is 39.4. The van der Waals surface area contributed by atoms with Gasteiger partial charge in [-0.3, -0.25) is 9.97 Å². The Labute approximate surface area is 641 Å². The van der Waals surface area contributed by atoms with Crippen LogP contribution in [-0.4, -0.2) is 38.1 Å². The van der Waals surface area contributed by atoms with Gasteiger partial charge >= 0.3 is 0 Å². The molecule has 4 aromatic heterocycles. The molecule has 8 nitrogen and oxygen atoms in total. The van der Waals surface area contributed by atoms with E-state index < -0.39 is 0 Å². The molecule has 4 aliphatic carbocycles. The summed E-state index contributed by atoms with van der Waals surface area (Å²) in [6.45, 7) is 64.6. The molecule has 3 saturated carbocycles. The fraction of sp³-hybridized carbons (Fsp3) is 0.577. The van der Waals surface area contributed by atoms with Crippen molar-refractivity contribution in [1.29, 1.82) is 0 Å². The van der Waals surface area contributed by atoms with Gasteiger partial charge in [-0.05, 0) is 207 Å². The maximum absolute atomic E-state index is 5.53. The minimum atomic E-state index is 0.142. The second-order valence-corrected chi connectivity index (χ2v) is 39.4. The maximum atomic E-state index is 5.53. The van der Waals surface area contributed by atoms with Crippen LogP contribution in [0.5, 0.6) is 11.5 Å². The van der Waals surface area contributed by atoms with Crippen molar-refractivity contribution in [3.63, 3.8) is 0 Å². The van der Waals surface area contributed by atoms with E-state index in [1.54, 1.807) is 30.5 Å². The summed E-state index contributed by atoms with van der Waals surface area (Å²) in [5.41, 5.74) is 19.5. The van der Waals surface area contributed by atoms with E-state index in [9.17, 15) is 0 Å². The first-order valence-corrected chi connectivity index (χ1v) is 39.9. The predicted octanol–water partition coefficient (Wildman–Crippen LogP) is 27.5. The van der Waals surface area contributed by atoms with Crippen molar-refractivity contribution in [2.24, 2.45) is 39.4 Å². The third-order valence-electron chi connectivity index (χ3n) is 20.9. The molecule has 0 radical (unpaired) electrons. The van der Waals surface area contributed by atoms with Crippen molar-refractivity contribution in [2.45, 2.75) is 311 Å². The highest BCUT2D eigenvalue weighted by Gasteiger charge is 2.34. The van der Waals surface area contributed by atoms with Crippen molar-refractivity contribution in [2.75, 3.05) is 13.2 Å². The van der Waals surface area contributed by atoms with Crippen molar-refractivity contribution in [1.82, 2.24) is 24.9 Å². The highest BCUT2D eigenvalue weighted by molar-refractivity contribution is 5.73. The molecule has 14 rings (SSSR count). The van der Waals surface area contributed by atoms with Crippen LogP contribution in [0, 0.1) is 46.3 Å². The molecule has 6 heterocycles. The standard InChI is InChI=1S/C13H16.2C12H16O.C11H13NO.C10H20.C9H13N.C9H18.C8H12N2.C7H14.C6H7N/c1-13(2,3)12-8-10-6-4-5-7-11(10)9-12;1-12(2,3)10-4-5-11-9(8-10)6-7-13-11;1-12(2,3)10-5-4-9-6-7-13-11(9)8-10;1-11(2,3)8-4-5-9-10(6-8)13-7-12-9;1-10(2,3)9-7-5-4-6-8-9;1-9(2,3)8-6-4-5-7-10-8;1-9(2,3)8-6-4-5-7-8;1-8(2,3)7-4-5-9-6-10-7;1-7(2,3)6-4-5-6;1-6-2-4-7-5-3-6/h4-8H,9H2,1-3H3;2*4-5,8H,6-7H2,1-3H3;4-7H,1-3H3;9H,4-8H2,1-3H3;4-7H,1-3H3;8H,4-7H2,1-3H3;4-6H,1-3H3;6H,4-5H2,1-3H3;2-5H,1H3. The van der Waals surface area contributed by atoms with Gasteiger partial charge in [0, 0.05) is 59.8 Å². The molecular formula is C97H145N5O3. The number of aryl methyl sites for hydroxylation is 1. The molecule has 0 saturated heterocycles. The fourth-order valence-corrected chi connectivity index (χ4v) is 13.0. The van der Waals surface area contributed by atoms with Gasteiger partial charge in [0.15, 0.2) is 12.0 Å². The fourth-order valence-electron chi connectivity index (χ4n) is 13.0. The van der Waals surface area contributed by atoms with Crippen LogP contribution in [0.2, 0.25) is 0 Å². The van der Waals surface area contributed by atoms with Crippen LogP contribution >= 0.6 is 0 Å². The third kappa shape index (κ3) is 32.2. The van der Waals surface area contributed by atoms with Gasteiger partial charge in [-0.25, -0.2) is 15.0 Å². The van der Waals surface area contributed by atoms with Gasteiger partial charge in [0.2, 0.25) is 0 Å². The molecule has 105 heavy (non-hydrogen) atoms. The van der Waals surface area contributed by atoms with E-state index in [-0.39, 0.29) is 27.1 Å². The Morgan fingerprint density at radius 1 is 0.362 bits per heavy atom. The highest BCUT2D eigenvalue weighted by Crippen LogP contribution is 2.45. The lowest BCUT2D eigenvalue weighted by Crippen LogP contribution is -2.22. The van der Waals surface area contributed by atoms with E-state index in [0.717, 1.165) is 84.2 Å². The van der Waals surface area contributed by atoms with Gasteiger partial charge in [0.25, 0.3) is 0 Å². The van der Waals surface area contributed by atoms with Crippen molar-refractivity contribution in [3.8, 4) is 11.5 Å². The molecule has 4 aromatic carbocycles. The molecule has 0 atom stereocenters. The number of oxazole rings is 1. The summed E-state index contributed by atoms with van der Waals surface area (Å²) in [6.07, 6.45) is 32.1. The van der Waals surface area contributed by atoms with Crippen LogP contribution in [0.25, 0.3) is 17.2 Å². The number of pyridine rings is 2. The van der Waals surface area contributed by atoms with Crippen LogP contribution < -0.4 is 9.47 Å². The van der Waals surface area contributed by atoms with E-state index in [4.69, 9.17) is 13.9 Å². The lowest BCUT2D eigenvalue weighted by molar-refractivity contribution is 0.180. The summed E-state index contributed by atoms with van der Waals surface area (Å²) in [7, 11) is 0. The Hall–Kier alpha value is -6.93. The van der Waals surface area contributed by atoms with Crippen molar-refractivity contribution < 1.29 is 13.9 Å². The third-order valence-corrected chi connectivity index (χ3v) is 20.9. The summed E-state index contributed by atoms with van der Waals surface area (Å²) in [6, 6.07) is 39.9. The number of aromatic nitrogens is 5. The average Bonchev–Trinajstić information content (AvgIpc) is 1.77. The first-order valence-electron chi connectivity index (χ1n) is 39.9. The second kappa shape index (κ2) is 39.3. The zero-order valence-corrected chi connectivity index (χ0v) is 71.5. The predicted molar refractivity (Wildman–Crippen MR) is 451 cm³/mol. The normalized spacial score (nSPS) is 15.7. The number of allylic oxidation sites excluding steroid dienone is 1. The molecule has 0 spiro atoms.